The summed E-state index contributed by atoms with van der Waals surface area (Å²) in [7, 11) is -16.8. The number of rotatable bonds is 9. The van der Waals surface area contributed by atoms with Crippen LogP contribution in [0.1, 0.15) is 13.2 Å². The van der Waals surface area contributed by atoms with E-state index in [-0.39, 0.29) is 11.6 Å². The van der Waals surface area contributed by atoms with Crippen LogP contribution in [-0.4, -0.2) is 67.9 Å². The molecule has 7 atom stereocenters. The van der Waals surface area contributed by atoms with Gasteiger partial charge in [0.15, 0.2) is 16.7 Å². The Labute approximate surface area is 201 Å². The smallest absolute Gasteiger partial charge is 0.396 e. The fourth-order valence-electron chi connectivity index (χ4n) is 3.47. The monoisotopic (exact) mass is 577 g/mol. The number of nitrogen functional groups attached to an aromatic ring is 1. The number of ether oxygens (including phenoxy) is 1. The van der Waals surface area contributed by atoms with Gasteiger partial charge >= 0.3 is 23.5 Å². The van der Waals surface area contributed by atoms with Crippen molar-refractivity contribution in [2.45, 2.75) is 30.2 Å². The van der Waals surface area contributed by atoms with Crippen molar-refractivity contribution in [1.82, 2.24) is 19.5 Å². The molecule has 194 valence electrons. The minimum absolute atomic E-state index is 0.102. The highest BCUT2D eigenvalue weighted by Crippen LogP contribution is 2.67. The van der Waals surface area contributed by atoms with Gasteiger partial charge < -0.3 is 35.2 Å². The van der Waals surface area contributed by atoms with Gasteiger partial charge in [0.25, 0.3) is 0 Å². The van der Waals surface area contributed by atoms with Crippen LogP contribution in [0.15, 0.2) is 12.5 Å². The second-order valence-corrected chi connectivity index (χ2v) is 12.1. The van der Waals surface area contributed by atoms with Crippen LogP contribution in [-0.2, 0) is 31.6 Å². The molecule has 0 bridgehead atoms. The Morgan fingerprint density at radius 2 is 1.94 bits per heavy atom. The molecule has 7 N–H and O–H groups in total. The summed E-state index contributed by atoms with van der Waals surface area (Å²) in [5.41, 5.74) is 6.09. The highest BCUT2D eigenvalue weighted by molar-refractivity contribution is 7.66. The topological polar surface area (TPSA) is 259 Å². The maximum Gasteiger partial charge on any atom is 0.490 e. The quantitative estimate of drug-likeness (QED) is 0.132. The number of phosphoric acid groups is 3. The molecular weight excluding hydrogens is 559 g/mol. The number of phosphoric ester groups is 1. The molecule has 1 aliphatic rings. The van der Waals surface area contributed by atoms with E-state index in [1.54, 1.807) is 0 Å². The van der Waals surface area contributed by atoms with Crippen molar-refractivity contribution in [1.29, 1.82) is 0 Å². The van der Waals surface area contributed by atoms with Gasteiger partial charge in [-0.05, 0) is 6.92 Å². The van der Waals surface area contributed by atoms with Gasteiger partial charge in [-0.25, -0.2) is 23.7 Å². The van der Waals surface area contributed by atoms with Crippen LogP contribution in [0.3, 0.4) is 0 Å². The van der Waals surface area contributed by atoms with E-state index in [9.17, 15) is 28.6 Å². The lowest BCUT2D eigenvalue weighted by Crippen LogP contribution is -2.41. The number of nitrogens with zero attached hydrogens (tertiary/aromatic N) is 4. The third-order valence-corrected chi connectivity index (χ3v) is 9.27. The molecule has 1 aliphatic heterocycles. The maximum absolute atomic E-state index is 12.2. The first kappa shape index (κ1) is 28.1. The Balaban J connectivity index is 1.90. The first-order chi connectivity index (χ1) is 16.0. The molecule has 0 spiro atoms. The normalized spacial score (nSPS) is 29.4. The van der Waals surface area contributed by atoms with Crippen LogP contribution in [0, 0.1) is 18.3 Å². The average molecular weight is 578 g/mol. The van der Waals surface area contributed by atoms with Crippen LogP contribution >= 0.6 is 35.1 Å². The number of halogens is 1. The van der Waals surface area contributed by atoms with Crippen LogP contribution in [0.4, 0.5) is 5.95 Å². The van der Waals surface area contributed by atoms with Crippen molar-refractivity contribution in [3.05, 3.63) is 12.5 Å². The van der Waals surface area contributed by atoms with Crippen molar-refractivity contribution in [3.8, 4) is 12.3 Å². The molecule has 0 radical (unpaired) electrons. The van der Waals surface area contributed by atoms with Crippen molar-refractivity contribution >= 4 is 52.2 Å². The number of anilines is 1. The van der Waals surface area contributed by atoms with Gasteiger partial charge in [0.1, 0.15) is 5.52 Å². The van der Waals surface area contributed by atoms with Gasteiger partial charge in [0.2, 0.25) is 5.95 Å². The van der Waals surface area contributed by atoms with E-state index < -0.39 is 59.3 Å². The summed E-state index contributed by atoms with van der Waals surface area (Å²) in [6.45, 7) is 0.455. The molecule has 1 saturated heterocycles. The Hall–Kier alpha value is -1.47. The lowest BCUT2D eigenvalue weighted by Gasteiger charge is -2.28. The first-order valence-electron chi connectivity index (χ1n) is 9.22. The van der Waals surface area contributed by atoms with Crippen LogP contribution in [0.25, 0.3) is 11.2 Å². The fourth-order valence-corrected chi connectivity index (χ4v) is 7.02. The summed E-state index contributed by atoms with van der Waals surface area (Å²) < 4.78 is 54.0. The van der Waals surface area contributed by atoms with Gasteiger partial charge in [-0.3, -0.25) is 9.09 Å². The van der Waals surface area contributed by atoms with Crippen molar-refractivity contribution in [3.63, 3.8) is 0 Å². The summed E-state index contributed by atoms with van der Waals surface area (Å²) >= 11 is 6.65. The third-order valence-electron chi connectivity index (χ3n) is 4.76. The van der Waals surface area contributed by atoms with Crippen molar-refractivity contribution < 1.29 is 56.3 Å². The molecule has 35 heavy (non-hydrogen) atoms. The summed E-state index contributed by atoms with van der Waals surface area (Å²) in [5.74, 6) is 1.06. The molecule has 2 aromatic heterocycles. The first-order valence-corrected chi connectivity index (χ1v) is 14.1. The summed E-state index contributed by atoms with van der Waals surface area (Å²) in [6, 6.07) is 0. The molecular formula is C14H19ClN5O12P3. The Kier molecular flexibility index (Phi) is 7.85. The lowest BCUT2D eigenvalue weighted by molar-refractivity contribution is -0.0641. The fraction of sp³-hybridized carbons (Fsp3) is 0.500. The predicted molar refractivity (Wildman–Crippen MR) is 116 cm³/mol. The number of nitrogens with two attached hydrogens (primary N) is 1. The molecule has 0 saturated carbocycles. The third kappa shape index (κ3) is 6.10. The minimum atomic E-state index is -5.75. The van der Waals surface area contributed by atoms with E-state index in [1.807, 2.05) is 0 Å². The second-order valence-electron chi connectivity index (χ2n) is 7.14. The van der Waals surface area contributed by atoms with E-state index in [0.717, 1.165) is 6.92 Å². The standard InChI is InChI=1S/C14H19ClN5O12P3/c1-3-14(15)8(5-21)10(7(2)30-34(25,26)32-35(27,28)31-33(22,23)24)29-12(14)20-6-18-9-4-17-13(16)19-11(9)20/h1,4,6-8,10,12,21H,5H2,2H3,(H,25,26)(H,27,28)(H2,16,17,19)(H2,22,23,24)/t7-,8?,10-,12-,14?/m1/s1. The average Bonchev–Trinajstić information content (AvgIpc) is 3.22. The van der Waals surface area contributed by atoms with Gasteiger partial charge in [-0.2, -0.15) is 13.6 Å². The van der Waals surface area contributed by atoms with Gasteiger partial charge in [0, 0.05) is 5.92 Å². The van der Waals surface area contributed by atoms with E-state index >= 15 is 0 Å². The van der Waals surface area contributed by atoms with Gasteiger partial charge in [0.05, 0.1) is 31.3 Å². The molecule has 3 heterocycles. The van der Waals surface area contributed by atoms with E-state index in [2.05, 4.69) is 29.5 Å². The zero-order valence-corrected chi connectivity index (χ0v) is 20.9. The molecule has 3 rings (SSSR count). The Morgan fingerprint density at radius 1 is 1.29 bits per heavy atom. The number of aliphatic hydroxyl groups is 1. The molecule has 2 aromatic rings. The highest BCUT2D eigenvalue weighted by atomic mass is 35.5. The second kappa shape index (κ2) is 9.77. The summed E-state index contributed by atoms with van der Waals surface area (Å²) in [5, 5.41) is 10.00. The SMILES string of the molecule is C#CC1(Cl)C(CO)[C@@H]([C@@H](C)OP(=O)(O)OP(=O)(O)OP(=O)(O)O)O[C@H]1n1cnc2cnc(N)nc21. The molecule has 17 nitrogen and oxygen atoms in total. The number of hydrogen-bond acceptors (Lipinski definition) is 12. The van der Waals surface area contributed by atoms with Crippen molar-refractivity contribution in [2.75, 3.05) is 12.3 Å². The largest absolute Gasteiger partial charge is 0.490 e. The number of fused-ring (bicyclic) bond motifs is 1. The zero-order chi connectivity index (χ0) is 26.4. The maximum atomic E-state index is 12.2. The predicted octanol–water partition coefficient (Wildman–Crippen LogP) is 0.257. The molecule has 21 heteroatoms. The number of imidazole rings is 1. The van der Waals surface area contributed by atoms with E-state index in [0.29, 0.717) is 5.52 Å². The number of hydrogen-bond donors (Lipinski definition) is 6. The van der Waals surface area contributed by atoms with Crippen LogP contribution < -0.4 is 5.73 Å². The zero-order valence-electron chi connectivity index (χ0n) is 17.4. The highest BCUT2D eigenvalue weighted by Gasteiger charge is 2.58. The molecule has 1 fully saturated rings. The summed E-state index contributed by atoms with van der Waals surface area (Å²) in [4.78, 5) is 46.6. The number of aromatic nitrogens is 4. The van der Waals surface area contributed by atoms with Crippen molar-refractivity contribution in [2.24, 2.45) is 5.92 Å². The lowest BCUT2D eigenvalue weighted by atomic mass is 9.87. The Bertz CT molecular complexity index is 1300. The molecule has 0 aromatic carbocycles. The number of alkyl halides is 1. The minimum Gasteiger partial charge on any atom is -0.396 e. The van der Waals surface area contributed by atoms with Gasteiger partial charge in [-0.1, -0.05) is 17.5 Å². The molecule has 0 amide bonds. The molecule has 4 unspecified atom stereocenters. The van der Waals surface area contributed by atoms with E-state index in [1.165, 1.54) is 17.1 Å². The summed E-state index contributed by atoms with van der Waals surface area (Å²) in [6.07, 6.45) is 4.12. The Morgan fingerprint density at radius 3 is 2.51 bits per heavy atom. The number of terminal acetylenes is 1. The van der Waals surface area contributed by atoms with Crippen LogP contribution in [0.2, 0.25) is 0 Å². The van der Waals surface area contributed by atoms with E-state index in [4.69, 9.17) is 42.8 Å². The van der Waals surface area contributed by atoms with Gasteiger partial charge in [-0.15, -0.1) is 6.42 Å². The van der Waals surface area contributed by atoms with Crippen LogP contribution in [0.5, 0.6) is 0 Å². The molecule has 0 aliphatic carbocycles. The number of aliphatic hydroxyl groups excluding tert-OH is 1.